The molecule has 2 saturated carbocycles. The van der Waals surface area contributed by atoms with Crippen molar-refractivity contribution in [3.05, 3.63) is 11.1 Å². The van der Waals surface area contributed by atoms with Crippen LogP contribution in [0.4, 0.5) is 4.79 Å². The van der Waals surface area contributed by atoms with E-state index in [4.69, 9.17) is 25.4 Å². The lowest BCUT2D eigenvalue weighted by Gasteiger charge is -2.66. The molecule has 1 amide bonds. The molecule has 0 spiro atoms. The van der Waals surface area contributed by atoms with Crippen molar-refractivity contribution < 1.29 is 63.7 Å². The Morgan fingerprint density at radius 3 is 2.32 bits per heavy atom. The first-order valence-corrected chi connectivity index (χ1v) is 15.8. The molecule has 3 fully saturated rings. The van der Waals surface area contributed by atoms with Gasteiger partial charge in [-0.3, -0.25) is 9.59 Å². The number of carbonyl (C=O) groups excluding carboxylic acids is 4. The number of esters is 2. The number of nitrogens with one attached hydrogen (secondary N) is 1. The summed E-state index contributed by atoms with van der Waals surface area (Å²) < 4.78 is 22.1. The minimum absolute atomic E-state index is 0.0258. The minimum Gasteiger partial charge on any atom is -0.459 e. The van der Waals surface area contributed by atoms with E-state index in [1.807, 2.05) is 0 Å². The van der Waals surface area contributed by atoms with Crippen molar-refractivity contribution >= 4 is 23.8 Å². The standard InChI is InChI=1S/C33H47NO13/c1-9-10-11-44-29(41)34-22(15(2)3)24(38)28(40)47-18-13-33(43)27(46-17(5)35)25-31(8,19(36)12-20-32(25,42)14-45-20)26(39)23(37)21(16(18)4)30(33,6)7/h1,15,18-20,22-25,27,36-38,42-43H,10-14H2,2-8H3,(H,34,41)/t18-,19-,20+,22-,23+,24+,25-,27-,31+,32-,33+/m0/s1. The predicted molar refractivity (Wildman–Crippen MR) is 162 cm³/mol. The highest BCUT2D eigenvalue weighted by Crippen LogP contribution is 2.63. The van der Waals surface area contributed by atoms with Gasteiger partial charge in [-0.15, -0.1) is 12.3 Å². The molecular formula is C33H47NO13. The third-order valence-corrected chi connectivity index (χ3v) is 11.0. The molecule has 14 nitrogen and oxygen atoms in total. The molecule has 1 heterocycles. The first-order chi connectivity index (χ1) is 21.7. The molecule has 0 aromatic heterocycles. The average molecular weight is 666 g/mol. The van der Waals surface area contributed by atoms with Crippen molar-refractivity contribution in [3.63, 3.8) is 0 Å². The largest absolute Gasteiger partial charge is 0.459 e. The van der Waals surface area contributed by atoms with Gasteiger partial charge in [0.05, 0.1) is 30.3 Å². The van der Waals surface area contributed by atoms with E-state index in [1.165, 1.54) is 27.7 Å². The summed E-state index contributed by atoms with van der Waals surface area (Å²) in [6, 6.07) is -1.17. The lowest BCUT2D eigenvalue weighted by Crippen LogP contribution is -2.81. The quantitative estimate of drug-likeness (QED) is 0.0657. The number of aliphatic hydroxyl groups is 5. The van der Waals surface area contributed by atoms with Gasteiger partial charge in [0, 0.05) is 37.5 Å². The van der Waals surface area contributed by atoms with E-state index in [0.717, 1.165) is 6.92 Å². The zero-order valence-corrected chi connectivity index (χ0v) is 27.8. The van der Waals surface area contributed by atoms with Gasteiger partial charge in [0.1, 0.15) is 36.1 Å². The Bertz CT molecular complexity index is 1370. The van der Waals surface area contributed by atoms with Gasteiger partial charge < -0.3 is 49.8 Å². The number of Topliss-reactive ketones (excluding diaryl/α,β-unsaturated/α-hetero) is 1. The Morgan fingerprint density at radius 2 is 1.79 bits per heavy atom. The normalized spacial score (nSPS) is 38.7. The second-order valence-electron chi connectivity index (χ2n) is 14.3. The minimum atomic E-state index is -2.22. The molecule has 4 rings (SSSR count). The van der Waals surface area contributed by atoms with Gasteiger partial charge in [-0.1, -0.05) is 27.7 Å². The fraction of sp³-hybridized carbons (Fsp3) is 0.758. The van der Waals surface area contributed by atoms with Crippen LogP contribution in [0.15, 0.2) is 11.1 Å². The maximum Gasteiger partial charge on any atom is 0.407 e. The number of amides is 1. The van der Waals surface area contributed by atoms with E-state index in [2.05, 4.69) is 11.2 Å². The van der Waals surface area contributed by atoms with E-state index in [9.17, 15) is 44.7 Å². The van der Waals surface area contributed by atoms with Gasteiger partial charge in [-0.2, -0.15) is 0 Å². The van der Waals surface area contributed by atoms with Crippen molar-refractivity contribution in [2.75, 3.05) is 13.2 Å². The van der Waals surface area contributed by atoms with Crippen molar-refractivity contribution in [2.45, 2.75) is 122 Å². The lowest BCUT2D eigenvalue weighted by molar-refractivity contribution is -0.345. The number of alkyl carbamates (subject to hydrolysis) is 1. The highest BCUT2D eigenvalue weighted by Gasteiger charge is 2.76. The maximum atomic E-state index is 14.3. The van der Waals surface area contributed by atoms with E-state index in [1.54, 1.807) is 13.8 Å². The summed E-state index contributed by atoms with van der Waals surface area (Å²) in [6.45, 7) is 9.96. The molecule has 0 radical (unpaired) electrons. The van der Waals surface area contributed by atoms with Crippen molar-refractivity contribution in [1.29, 1.82) is 0 Å². The molecule has 3 aliphatic carbocycles. The van der Waals surface area contributed by atoms with Gasteiger partial charge >= 0.3 is 18.0 Å². The van der Waals surface area contributed by atoms with Crippen LogP contribution in [0.1, 0.15) is 67.7 Å². The first kappa shape index (κ1) is 36.8. The lowest BCUT2D eigenvalue weighted by atomic mass is 9.45. The maximum absolute atomic E-state index is 14.3. The summed E-state index contributed by atoms with van der Waals surface area (Å²) in [5.41, 5.74) is -7.33. The van der Waals surface area contributed by atoms with Gasteiger partial charge in [0.15, 0.2) is 11.9 Å². The fourth-order valence-corrected chi connectivity index (χ4v) is 8.14. The Kier molecular flexibility index (Phi) is 9.98. The molecule has 4 aliphatic rings. The van der Waals surface area contributed by atoms with Crippen LogP contribution >= 0.6 is 0 Å². The van der Waals surface area contributed by atoms with E-state index in [0.29, 0.717) is 0 Å². The Labute approximate surface area is 273 Å². The average Bonchev–Trinajstić information content (AvgIpc) is 2.97. The van der Waals surface area contributed by atoms with Crippen molar-refractivity contribution in [2.24, 2.45) is 22.7 Å². The molecule has 47 heavy (non-hydrogen) atoms. The van der Waals surface area contributed by atoms with Gasteiger partial charge in [-0.05, 0) is 30.9 Å². The first-order valence-electron chi connectivity index (χ1n) is 15.8. The molecule has 0 aromatic rings. The number of hydrogen-bond acceptors (Lipinski definition) is 13. The van der Waals surface area contributed by atoms with Gasteiger partial charge in [0.25, 0.3) is 0 Å². The number of fused-ring (bicyclic) bond motifs is 5. The number of hydrogen-bond donors (Lipinski definition) is 6. The number of terminal acetylenes is 1. The topological polar surface area (TPSA) is 218 Å². The van der Waals surface area contributed by atoms with Crippen molar-refractivity contribution in [1.82, 2.24) is 5.32 Å². The zero-order valence-electron chi connectivity index (χ0n) is 27.8. The van der Waals surface area contributed by atoms with Crippen LogP contribution < -0.4 is 5.32 Å². The zero-order chi connectivity index (χ0) is 35.4. The highest BCUT2D eigenvalue weighted by atomic mass is 16.6. The second kappa shape index (κ2) is 12.8. The molecule has 11 atom stereocenters. The summed E-state index contributed by atoms with van der Waals surface area (Å²) in [5.74, 6) is -2.55. The Balaban J connectivity index is 1.79. The van der Waals surface area contributed by atoms with Crippen LogP contribution in [0.5, 0.6) is 0 Å². The number of aliphatic hydroxyl groups excluding tert-OH is 3. The van der Waals surface area contributed by atoms with Crippen LogP contribution in [0.2, 0.25) is 0 Å². The van der Waals surface area contributed by atoms with Crippen LogP contribution in [0, 0.1) is 35.0 Å². The molecule has 0 aromatic carbocycles. The molecule has 262 valence electrons. The van der Waals surface area contributed by atoms with Gasteiger partial charge in [0.2, 0.25) is 0 Å². The predicted octanol–water partition coefficient (Wildman–Crippen LogP) is -0.0970. The summed E-state index contributed by atoms with van der Waals surface area (Å²) in [5, 5.41) is 61.3. The molecule has 1 saturated heterocycles. The molecular weight excluding hydrogens is 618 g/mol. The monoisotopic (exact) mass is 665 g/mol. The third kappa shape index (κ3) is 5.74. The summed E-state index contributed by atoms with van der Waals surface area (Å²) >= 11 is 0. The number of carbonyl (C=O) groups is 4. The summed E-state index contributed by atoms with van der Waals surface area (Å²) in [4.78, 5) is 52.7. The van der Waals surface area contributed by atoms with E-state index >= 15 is 0 Å². The second-order valence-corrected chi connectivity index (χ2v) is 14.3. The van der Waals surface area contributed by atoms with Gasteiger partial charge in [-0.25, -0.2) is 9.59 Å². The summed E-state index contributed by atoms with van der Waals surface area (Å²) in [6.07, 6.45) is -5.48. The van der Waals surface area contributed by atoms with Crippen LogP contribution in [0.3, 0.4) is 0 Å². The van der Waals surface area contributed by atoms with E-state index in [-0.39, 0.29) is 37.2 Å². The van der Waals surface area contributed by atoms with Crippen LogP contribution in [-0.4, -0.2) is 116 Å². The molecule has 6 N–H and O–H groups in total. The number of ether oxygens (including phenoxy) is 4. The van der Waals surface area contributed by atoms with E-state index < -0.39 is 107 Å². The highest BCUT2D eigenvalue weighted by molar-refractivity contribution is 5.93. The van der Waals surface area contributed by atoms with Crippen LogP contribution in [0.25, 0.3) is 0 Å². The molecule has 0 unspecified atom stereocenters. The van der Waals surface area contributed by atoms with Crippen molar-refractivity contribution in [3.8, 4) is 12.3 Å². The Hall–Kier alpha value is -3.06. The molecule has 1 aliphatic heterocycles. The number of ketones is 1. The third-order valence-electron chi connectivity index (χ3n) is 11.0. The smallest absolute Gasteiger partial charge is 0.407 e. The van der Waals surface area contributed by atoms with Crippen LogP contribution in [-0.2, 0) is 33.3 Å². The summed E-state index contributed by atoms with van der Waals surface area (Å²) in [7, 11) is 0. The number of rotatable bonds is 8. The SMILES string of the molecule is C#CCCOC(=O)N[C@@H](C(C)C)[C@@H](O)C(=O)O[C@H]1C[C@@]2(O)[C@@H](OC(C)=O)[C@@H]3[C@]4(O)CO[C@@H]4C[C@H](O)[C@@]3(C)C(=O)[C@H](O)C(=C1C)C2(C)C. The Morgan fingerprint density at radius 1 is 1.15 bits per heavy atom. The fourth-order valence-electron chi connectivity index (χ4n) is 8.14. The molecule has 2 bridgehead atoms. The molecule has 14 heteroatoms.